The molecule has 1 aliphatic rings. The first-order valence-electron chi connectivity index (χ1n) is 4.69. The van der Waals surface area contributed by atoms with Gasteiger partial charge in [-0.2, -0.15) is 0 Å². The summed E-state index contributed by atoms with van der Waals surface area (Å²) in [6.07, 6.45) is 1.38. The van der Waals surface area contributed by atoms with Crippen molar-refractivity contribution in [1.29, 1.82) is 0 Å². The fraction of sp³-hybridized carbons (Fsp3) is 1.00. The van der Waals surface area contributed by atoms with E-state index < -0.39 is 5.79 Å². The first kappa shape index (κ1) is 10.9. The summed E-state index contributed by atoms with van der Waals surface area (Å²) in [7, 11) is 0. The topological polar surface area (TPSA) is 75.7 Å². The fourth-order valence-corrected chi connectivity index (χ4v) is 1.83. The van der Waals surface area contributed by atoms with E-state index in [1.54, 1.807) is 13.8 Å². The lowest BCUT2D eigenvalue weighted by atomic mass is 10.1. The molecule has 0 radical (unpaired) electrons. The molecular formula is C9H19NO3. The van der Waals surface area contributed by atoms with Crippen LogP contribution in [0.3, 0.4) is 0 Å². The minimum absolute atomic E-state index is 0.0708. The van der Waals surface area contributed by atoms with E-state index in [2.05, 4.69) is 0 Å². The molecule has 1 fully saturated rings. The van der Waals surface area contributed by atoms with Crippen molar-refractivity contribution < 1.29 is 14.9 Å². The molecule has 1 unspecified atom stereocenters. The number of hydrogen-bond acceptors (Lipinski definition) is 4. The van der Waals surface area contributed by atoms with Crippen molar-refractivity contribution in [1.82, 2.24) is 0 Å². The van der Waals surface area contributed by atoms with Gasteiger partial charge in [-0.3, -0.25) is 0 Å². The summed E-state index contributed by atoms with van der Waals surface area (Å²) < 4.78 is 5.39. The van der Waals surface area contributed by atoms with Crippen molar-refractivity contribution in [2.75, 3.05) is 6.61 Å². The van der Waals surface area contributed by atoms with Gasteiger partial charge < -0.3 is 20.7 Å². The van der Waals surface area contributed by atoms with Crippen LogP contribution in [0, 0.1) is 5.92 Å². The van der Waals surface area contributed by atoms with Crippen LogP contribution >= 0.6 is 0 Å². The molecular weight excluding hydrogens is 170 g/mol. The smallest absolute Gasteiger partial charge is 0.160 e. The van der Waals surface area contributed by atoms with E-state index in [0.717, 1.165) is 12.8 Å². The van der Waals surface area contributed by atoms with Gasteiger partial charge in [0.15, 0.2) is 5.79 Å². The van der Waals surface area contributed by atoms with Crippen LogP contribution < -0.4 is 5.73 Å². The summed E-state index contributed by atoms with van der Waals surface area (Å²) in [5.41, 5.74) is 5.74. The Kier molecular flexibility index (Phi) is 3.29. The third-order valence-corrected chi connectivity index (χ3v) is 2.34. The van der Waals surface area contributed by atoms with Gasteiger partial charge >= 0.3 is 0 Å². The summed E-state index contributed by atoms with van der Waals surface area (Å²) in [5.74, 6) is -1.07. The summed E-state index contributed by atoms with van der Waals surface area (Å²) in [4.78, 5) is 0. The molecule has 1 saturated carbocycles. The van der Waals surface area contributed by atoms with Gasteiger partial charge in [0.1, 0.15) is 0 Å². The minimum atomic E-state index is -1.14. The van der Waals surface area contributed by atoms with E-state index in [9.17, 15) is 5.11 Å². The van der Waals surface area contributed by atoms with Crippen molar-refractivity contribution in [2.45, 2.75) is 44.6 Å². The molecule has 1 aliphatic carbocycles. The Hall–Kier alpha value is -0.160. The van der Waals surface area contributed by atoms with Crippen LogP contribution in [-0.2, 0) is 4.74 Å². The van der Waals surface area contributed by atoms with Gasteiger partial charge in [-0.15, -0.1) is 0 Å². The molecule has 4 heteroatoms. The zero-order valence-electron chi connectivity index (χ0n) is 8.23. The Bertz CT molecular complexity index is 167. The lowest BCUT2D eigenvalue weighted by Crippen LogP contribution is -2.33. The van der Waals surface area contributed by atoms with Gasteiger partial charge in [-0.25, -0.2) is 0 Å². The van der Waals surface area contributed by atoms with Crippen LogP contribution in [0.4, 0.5) is 0 Å². The highest BCUT2D eigenvalue weighted by Crippen LogP contribution is 2.29. The third kappa shape index (κ3) is 3.23. The average Bonchev–Trinajstić information content (AvgIpc) is 2.27. The molecule has 0 aromatic carbocycles. The molecule has 13 heavy (non-hydrogen) atoms. The van der Waals surface area contributed by atoms with Crippen LogP contribution in [0.15, 0.2) is 0 Å². The monoisotopic (exact) mass is 189 g/mol. The van der Waals surface area contributed by atoms with Crippen molar-refractivity contribution in [2.24, 2.45) is 11.7 Å². The number of ether oxygens (including phenoxy) is 1. The second-order valence-electron chi connectivity index (χ2n) is 4.28. The average molecular weight is 189 g/mol. The van der Waals surface area contributed by atoms with E-state index in [1.807, 2.05) is 0 Å². The summed E-state index contributed by atoms with van der Waals surface area (Å²) in [5, 5.41) is 18.5. The second kappa shape index (κ2) is 3.92. The van der Waals surface area contributed by atoms with Crippen molar-refractivity contribution in [3.8, 4) is 0 Å². The van der Waals surface area contributed by atoms with E-state index in [-0.39, 0.29) is 24.7 Å². The van der Waals surface area contributed by atoms with Crippen LogP contribution in [-0.4, -0.2) is 34.8 Å². The highest BCUT2D eigenvalue weighted by Gasteiger charge is 2.35. The van der Waals surface area contributed by atoms with E-state index in [1.165, 1.54) is 0 Å². The molecule has 4 N–H and O–H groups in total. The predicted molar refractivity (Wildman–Crippen MR) is 49.0 cm³/mol. The molecule has 3 atom stereocenters. The first-order chi connectivity index (χ1) is 5.92. The van der Waals surface area contributed by atoms with Gasteiger partial charge in [0, 0.05) is 18.6 Å². The summed E-state index contributed by atoms with van der Waals surface area (Å²) >= 11 is 0. The first-order valence-corrected chi connectivity index (χ1v) is 4.69. The molecule has 0 aliphatic heterocycles. The number of nitrogens with two attached hydrogens (primary N) is 1. The number of hydrogen-bond donors (Lipinski definition) is 3. The number of rotatable bonds is 3. The lowest BCUT2D eigenvalue weighted by molar-refractivity contribution is -0.214. The molecule has 78 valence electrons. The van der Waals surface area contributed by atoms with Crippen LogP contribution in [0.5, 0.6) is 0 Å². The molecule has 0 spiro atoms. The molecule has 0 aromatic rings. The summed E-state index contributed by atoms with van der Waals surface area (Å²) in [6, 6.07) is 0.0875. The maximum atomic E-state index is 9.43. The van der Waals surface area contributed by atoms with Gasteiger partial charge in [-0.1, -0.05) is 0 Å². The third-order valence-electron chi connectivity index (χ3n) is 2.34. The van der Waals surface area contributed by atoms with Gasteiger partial charge in [0.05, 0.1) is 6.10 Å². The van der Waals surface area contributed by atoms with Gasteiger partial charge in [0.25, 0.3) is 0 Å². The Labute approximate surface area is 78.7 Å². The zero-order valence-corrected chi connectivity index (χ0v) is 8.23. The fourth-order valence-electron chi connectivity index (χ4n) is 1.83. The highest BCUT2D eigenvalue weighted by molar-refractivity contribution is 4.86. The van der Waals surface area contributed by atoms with E-state index >= 15 is 0 Å². The molecule has 0 bridgehead atoms. The Morgan fingerprint density at radius 3 is 2.54 bits per heavy atom. The standard InChI is InChI=1S/C9H19NO3/c1-9(2,12)13-8-4-7(10)3-6(8)5-11/h6-8,11-12H,3-5,10H2,1-2H3/t6-,7-,8?/m1/s1. The molecule has 0 saturated heterocycles. The minimum Gasteiger partial charge on any atom is -0.396 e. The second-order valence-corrected chi connectivity index (χ2v) is 4.28. The SMILES string of the molecule is CC(C)(O)OC1C[C@H](N)C[C@@H]1CO. The Morgan fingerprint density at radius 1 is 1.46 bits per heavy atom. The quantitative estimate of drug-likeness (QED) is 0.539. The molecule has 0 heterocycles. The van der Waals surface area contributed by atoms with Crippen molar-refractivity contribution in [3.63, 3.8) is 0 Å². The zero-order chi connectivity index (χ0) is 10.1. The Morgan fingerprint density at radius 2 is 2.08 bits per heavy atom. The Balaban J connectivity index is 2.49. The van der Waals surface area contributed by atoms with E-state index in [0.29, 0.717) is 0 Å². The largest absolute Gasteiger partial charge is 0.396 e. The maximum Gasteiger partial charge on any atom is 0.160 e. The normalized spacial score (nSPS) is 35.3. The van der Waals surface area contributed by atoms with Crippen LogP contribution in [0.1, 0.15) is 26.7 Å². The highest BCUT2D eigenvalue weighted by atomic mass is 16.6. The lowest BCUT2D eigenvalue weighted by Gasteiger charge is -2.26. The molecule has 0 amide bonds. The maximum absolute atomic E-state index is 9.43. The van der Waals surface area contributed by atoms with E-state index in [4.69, 9.17) is 15.6 Å². The van der Waals surface area contributed by atoms with Crippen LogP contribution in [0.25, 0.3) is 0 Å². The molecule has 1 rings (SSSR count). The van der Waals surface area contributed by atoms with Crippen LogP contribution in [0.2, 0.25) is 0 Å². The molecule has 4 nitrogen and oxygen atoms in total. The number of aliphatic hydroxyl groups excluding tert-OH is 1. The van der Waals surface area contributed by atoms with Crippen molar-refractivity contribution >= 4 is 0 Å². The number of aliphatic hydroxyl groups is 2. The van der Waals surface area contributed by atoms with Crippen molar-refractivity contribution in [3.05, 3.63) is 0 Å². The van der Waals surface area contributed by atoms with Gasteiger partial charge in [-0.05, 0) is 26.7 Å². The van der Waals surface area contributed by atoms with Gasteiger partial charge in [0.2, 0.25) is 0 Å². The molecule has 0 aromatic heterocycles. The summed E-state index contributed by atoms with van der Waals surface area (Å²) in [6.45, 7) is 3.25. The predicted octanol–water partition coefficient (Wildman–Crippen LogP) is -0.170.